The third-order valence-corrected chi connectivity index (χ3v) is 5.27. The molecule has 0 bridgehead atoms. The van der Waals surface area contributed by atoms with Crippen LogP contribution in [-0.2, 0) is 0 Å². The highest BCUT2D eigenvalue weighted by Gasteiger charge is 2.22. The second-order valence-electron chi connectivity index (χ2n) is 5.64. The minimum Gasteiger partial charge on any atom is -0.369 e. The van der Waals surface area contributed by atoms with Gasteiger partial charge in [-0.1, -0.05) is 36.4 Å². The lowest BCUT2D eigenvalue weighted by molar-refractivity contribution is 0.102. The highest BCUT2D eigenvalue weighted by molar-refractivity contribution is 8.00. The van der Waals surface area contributed by atoms with E-state index >= 15 is 0 Å². The summed E-state index contributed by atoms with van der Waals surface area (Å²) in [5.74, 6) is -1.46. The Labute approximate surface area is 141 Å². The van der Waals surface area contributed by atoms with Crippen LogP contribution in [0.1, 0.15) is 21.3 Å². The maximum absolute atomic E-state index is 13.6. The van der Waals surface area contributed by atoms with Crippen molar-refractivity contribution in [2.75, 3.05) is 11.1 Å². The zero-order valence-corrected chi connectivity index (χ0v) is 13.4. The Morgan fingerprint density at radius 2 is 1.79 bits per heavy atom. The number of Topliss-reactive ketones (excluding diaryl/α,β-unsaturated/α-hetero) is 1. The van der Waals surface area contributed by atoms with Gasteiger partial charge in [-0.25, -0.2) is 8.78 Å². The maximum Gasteiger partial charge on any atom is 0.173 e. The predicted octanol–water partition coefficient (Wildman–Crippen LogP) is 5.16. The van der Waals surface area contributed by atoms with E-state index in [9.17, 15) is 13.6 Å². The molecule has 1 aliphatic rings. The van der Waals surface area contributed by atoms with Crippen LogP contribution >= 0.6 is 11.8 Å². The molecule has 24 heavy (non-hydrogen) atoms. The van der Waals surface area contributed by atoms with Crippen LogP contribution in [0.3, 0.4) is 0 Å². The number of anilines is 1. The largest absolute Gasteiger partial charge is 0.369 e. The van der Waals surface area contributed by atoms with E-state index in [4.69, 9.17) is 0 Å². The van der Waals surface area contributed by atoms with Gasteiger partial charge in [-0.15, -0.1) is 11.8 Å². The zero-order valence-electron chi connectivity index (χ0n) is 12.6. The van der Waals surface area contributed by atoms with Crippen molar-refractivity contribution in [3.63, 3.8) is 0 Å². The third kappa shape index (κ3) is 2.55. The summed E-state index contributed by atoms with van der Waals surface area (Å²) in [4.78, 5) is 12.6. The molecule has 0 amide bonds. The van der Waals surface area contributed by atoms with E-state index in [1.807, 2.05) is 36.4 Å². The molecule has 0 radical (unpaired) electrons. The fourth-order valence-electron chi connectivity index (χ4n) is 2.97. The van der Waals surface area contributed by atoms with E-state index in [0.29, 0.717) is 11.1 Å². The number of carbonyl (C=O) groups is 1. The molecule has 1 atom stereocenters. The van der Waals surface area contributed by atoms with Gasteiger partial charge in [-0.3, -0.25) is 4.79 Å². The number of hydrogen-bond donors (Lipinski definition) is 1. The van der Waals surface area contributed by atoms with Crippen molar-refractivity contribution in [3.8, 4) is 0 Å². The Bertz CT molecular complexity index is 952. The van der Waals surface area contributed by atoms with Crippen LogP contribution in [0, 0.1) is 11.6 Å². The van der Waals surface area contributed by atoms with Gasteiger partial charge in [0.25, 0.3) is 0 Å². The summed E-state index contributed by atoms with van der Waals surface area (Å²) in [6.45, 7) is 0. The Hall–Kier alpha value is -2.40. The van der Waals surface area contributed by atoms with E-state index in [0.717, 1.165) is 22.5 Å². The number of thioether (sulfide) groups is 1. The minimum absolute atomic E-state index is 0.0344. The van der Waals surface area contributed by atoms with Crippen molar-refractivity contribution < 1.29 is 13.6 Å². The summed E-state index contributed by atoms with van der Waals surface area (Å²) in [5.41, 5.74) is 2.10. The van der Waals surface area contributed by atoms with Gasteiger partial charge in [-0.05, 0) is 29.1 Å². The summed E-state index contributed by atoms with van der Waals surface area (Å²) in [6.07, 6.45) is 0. The lowest BCUT2D eigenvalue weighted by Gasteiger charge is -2.24. The highest BCUT2D eigenvalue weighted by Crippen LogP contribution is 2.38. The van der Waals surface area contributed by atoms with Crippen molar-refractivity contribution >= 4 is 34.0 Å². The van der Waals surface area contributed by atoms with Gasteiger partial charge in [0, 0.05) is 16.6 Å². The van der Waals surface area contributed by atoms with Crippen LogP contribution in [0.4, 0.5) is 14.5 Å². The van der Waals surface area contributed by atoms with E-state index in [-0.39, 0.29) is 16.9 Å². The Kier molecular flexibility index (Phi) is 3.73. The van der Waals surface area contributed by atoms with Crippen LogP contribution in [0.25, 0.3) is 10.8 Å². The summed E-state index contributed by atoms with van der Waals surface area (Å²) < 4.78 is 26.8. The van der Waals surface area contributed by atoms with Gasteiger partial charge in [0.2, 0.25) is 0 Å². The molecule has 3 aromatic carbocycles. The first kappa shape index (κ1) is 15.1. The summed E-state index contributed by atoms with van der Waals surface area (Å²) in [7, 11) is 0. The fraction of sp³-hybridized carbons (Fsp3) is 0.105. The lowest BCUT2D eigenvalue weighted by atomic mass is 10.00. The summed E-state index contributed by atoms with van der Waals surface area (Å²) in [5, 5.41) is 4.89. The third-order valence-electron chi connectivity index (χ3n) is 4.12. The van der Waals surface area contributed by atoms with Gasteiger partial charge in [-0.2, -0.15) is 0 Å². The quantitative estimate of drug-likeness (QED) is 0.663. The molecule has 3 aromatic rings. The number of hydrogen-bond acceptors (Lipinski definition) is 3. The van der Waals surface area contributed by atoms with E-state index in [1.165, 1.54) is 17.8 Å². The van der Waals surface area contributed by atoms with Gasteiger partial charge >= 0.3 is 0 Å². The second kappa shape index (κ2) is 5.91. The Morgan fingerprint density at radius 3 is 2.58 bits per heavy atom. The molecule has 120 valence electrons. The normalized spacial score (nSPS) is 17.2. The molecule has 0 aliphatic carbocycles. The van der Waals surface area contributed by atoms with Crippen molar-refractivity contribution in [1.29, 1.82) is 0 Å². The van der Waals surface area contributed by atoms with Crippen LogP contribution < -0.4 is 5.32 Å². The highest BCUT2D eigenvalue weighted by atomic mass is 32.2. The number of ketones is 1. The molecule has 0 spiro atoms. The van der Waals surface area contributed by atoms with E-state index in [1.54, 1.807) is 6.07 Å². The van der Waals surface area contributed by atoms with Crippen molar-refractivity contribution in [2.24, 2.45) is 0 Å². The standard InChI is InChI=1S/C19H13F2NOS/c20-14-8-7-12(9-15(14)21)19-22-16-6-2-4-11-3-1-5-13(18(11)16)17(23)10-24-19/h1-9,19,22H,10H2. The topological polar surface area (TPSA) is 29.1 Å². The summed E-state index contributed by atoms with van der Waals surface area (Å²) >= 11 is 1.37. The van der Waals surface area contributed by atoms with Gasteiger partial charge < -0.3 is 5.32 Å². The van der Waals surface area contributed by atoms with Crippen LogP contribution in [-0.4, -0.2) is 11.5 Å². The number of nitrogens with one attached hydrogen (secondary N) is 1. The predicted molar refractivity (Wildman–Crippen MR) is 93.5 cm³/mol. The molecule has 1 N–H and O–H groups in total. The zero-order chi connectivity index (χ0) is 16.7. The van der Waals surface area contributed by atoms with Gasteiger partial charge in [0.05, 0.1) is 11.1 Å². The monoisotopic (exact) mass is 341 g/mol. The number of benzene rings is 3. The molecule has 0 fully saturated rings. The van der Waals surface area contributed by atoms with Crippen LogP contribution in [0.5, 0.6) is 0 Å². The first-order valence-corrected chi connectivity index (χ1v) is 8.56. The first-order valence-electron chi connectivity index (χ1n) is 7.51. The molecule has 0 saturated heterocycles. The van der Waals surface area contributed by atoms with Crippen molar-refractivity contribution in [2.45, 2.75) is 5.37 Å². The average Bonchev–Trinajstić information content (AvgIpc) is 2.59. The molecule has 1 aliphatic heterocycles. The van der Waals surface area contributed by atoms with E-state index in [2.05, 4.69) is 5.32 Å². The van der Waals surface area contributed by atoms with E-state index < -0.39 is 11.6 Å². The Balaban J connectivity index is 1.85. The SMILES string of the molecule is O=C1CSC(c2ccc(F)c(F)c2)Nc2cccc3cccc1c23. The lowest BCUT2D eigenvalue weighted by Crippen LogP contribution is -2.15. The molecule has 1 heterocycles. The number of rotatable bonds is 1. The molecule has 0 aromatic heterocycles. The van der Waals surface area contributed by atoms with Crippen molar-refractivity contribution in [3.05, 3.63) is 77.4 Å². The molecule has 4 rings (SSSR count). The molecular formula is C19H13F2NOS. The van der Waals surface area contributed by atoms with Crippen LogP contribution in [0.15, 0.2) is 54.6 Å². The molecule has 1 unspecified atom stereocenters. The molecule has 0 saturated carbocycles. The molecular weight excluding hydrogens is 328 g/mol. The van der Waals surface area contributed by atoms with Crippen LogP contribution in [0.2, 0.25) is 0 Å². The minimum atomic E-state index is -0.887. The number of halogens is 2. The first-order chi connectivity index (χ1) is 11.6. The van der Waals surface area contributed by atoms with Gasteiger partial charge in [0.15, 0.2) is 17.4 Å². The fourth-order valence-corrected chi connectivity index (χ4v) is 3.99. The van der Waals surface area contributed by atoms with Crippen molar-refractivity contribution in [1.82, 2.24) is 0 Å². The average molecular weight is 341 g/mol. The Morgan fingerprint density at radius 1 is 1.00 bits per heavy atom. The second-order valence-corrected chi connectivity index (χ2v) is 6.73. The molecule has 2 nitrogen and oxygen atoms in total. The smallest absolute Gasteiger partial charge is 0.173 e. The van der Waals surface area contributed by atoms with Gasteiger partial charge in [0.1, 0.15) is 0 Å². The number of carbonyl (C=O) groups excluding carboxylic acids is 1. The molecule has 5 heteroatoms. The summed E-state index contributed by atoms with van der Waals surface area (Å²) in [6, 6.07) is 15.3. The maximum atomic E-state index is 13.6.